The Kier molecular flexibility index (Phi) is 61.8. The molecule has 0 fully saturated rings. The fourth-order valence-corrected chi connectivity index (χ4v) is 9.20. The number of carbonyl (C=O) groups is 3. The quantitative estimate of drug-likeness (QED) is 0.0261. The van der Waals surface area contributed by atoms with E-state index in [9.17, 15) is 14.4 Å². The van der Waals surface area contributed by atoms with Gasteiger partial charge >= 0.3 is 17.9 Å². The fourth-order valence-electron chi connectivity index (χ4n) is 9.20. The molecular weight excluding hydrogens is 949 g/mol. The van der Waals surface area contributed by atoms with E-state index in [0.717, 1.165) is 128 Å². The highest BCUT2D eigenvalue weighted by Crippen LogP contribution is 2.17. The Morgan fingerprint density at radius 1 is 0.273 bits per heavy atom. The van der Waals surface area contributed by atoms with Crippen LogP contribution in [-0.4, -0.2) is 37.2 Å². The second-order valence-electron chi connectivity index (χ2n) is 21.6. The summed E-state index contributed by atoms with van der Waals surface area (Å²) < 4.78 is 16.9. The summed E-state index contributed by atoms with van der Waals surface area (Å²) in [6, 6.07) is 0. The minimum absolute atomic E-state index is 0.0841. The van der Waals surface area contributed by atoms with Gasteiger partial charge in [-0.1, -0.05) is 285 Å². The summed E-state index contributed by atoms with van der Waals surface area (Å²) in [6.45, 7) is 6.38. The molecule has 0 aliphatic heterocycles. The van der Waals surface area contributed by atoms with E-state index in [0.29, 0.717) is 19.3 Å². The summed E-state index contributed by atoms with van der Waals surface area (Å²) in [5.41, 5.74) is 0. The van der Waals surface area contributed by atoms with Gasteiger partial charge in [-0.3, -0.25) is 14.4 Å². The second-order valence-corrected chi connectivity index (χ2v) is 21.6. The van der Waals surface area contributed by atoms with Crippen LogP contribution < -0.4 is 0 Å². The van der Waals surface area contributed by atoms with Gasteiger partial charge in [0.2, 0.25) is 0 Å². The third-order valence-electron chi connectivity index (χ3n) is 14.1. The molecule has 1 unspecified atom stereocenters. The van der Waals surface area contributed by atoms with Crippen molar-refractivity contribution in [2.45, 2.75) is 322 Å². The van der Waals surface area contributed by atoms with Gasteiger partial charge in [0.25, 0.3) is 0 Å². The van der Waals surface area contributed by atoms with Crippen LogP contribution in [-0.2, 0) is 28.6 Å². The van der Waals surface area contributed by atoms with Crippen LogP contribution in [0.5, 0.6) is 0 Å². The van der Waals surface area contributed by atoms with E-state index >= 15 is 0 Å². The highest BCUT2D eigenvalue weighted by Gasteiger charge is 2.19. The van der Waals surface area contributed by atoms with Crippen molar-refractivity contribution in [2.75, 3.05) is 13.2 Å². The van der Waals surface area contributed by atoms with Crippen molar-refractivity contribution in [3.05, 3.63) is 97.2 Å². The SMILES string of the molecule is CC/C=C\C/C=C\C/C=C\C/C=C\CCCCCCCCCCCCCCCCCCCCCCC(=O)OCC(COC(=O)CCCCCCC/C=C\CCCC)OC(=O)CCCCCCC/C=C\C/C=C\C/C=C\CC. The number of ether oxygens (including phenoxy) is 3. The molecule has 0 N–H and O–H groups in total. The molecule has 0 amide bonds. The monoisotopic (exact) mass is 1070 g/mol. The number of hydrogen-bond donors (Lipinski definition) is 0. The predicted octanol–water partition coefficient (Wildman–Crippen LogP) is 22.4. The predicted molar refractivity (Wildman–Crippen MR) is 334 cm³/mol. The molecule has 1 atom stereocenters. The summed E-state index contributed by atoms with van der Waals surface area (Å²) >= 11 is 0. The van der Waals surface area contributed by atoms with E-state index in [1.807, 2.05) is 0 Å². The Bertz CT molecular complexity index is 1510. The number of rotatable bonds is 59. The zero-order chi connectivity index (χ0) is 55.7. The third-order valence-corrected chi connectivity index (χ3v) is 14.1. The first kappa shape index (κ1) is 73.3. The lowest BCUT2D eigenvalue weighted by Gasteiger charge is -2.18. The molecule has 0 aromatic heterocycles. The lowest BCUT2D eigenvalue weighted by molar-refractivity contribution is -0.167. The van der Waals surface area contributed by atoms with E-state index in [1.54, 1.807) is 0 Å². The van der Waals surface area contributed by atoms with E-state index in [2.05, 4.69) is 118 Å². The normalized spacial score (nSPS) is 12.7. The molecule has 0 aromatic rings. The number of carbonyl (C=O) groups excluding carboxylic acids is 3. The minimum Gasteiger partial charge on any atom is -0.462 e. The Labute approximate surface area is 477 Å². The summed E-state index contributed by atoms with van der Waals surface area (Å²) in [5.74, 6) is -0.901. The van der Waals surface area contributed by atoms with E-state index in [4.69, 9.17) is 14.2 Å². The Morgan fingerprint density at radius 3 is 0.805 bits per heavy atom. The van der Waals surface area contributed by atoms with Gasteiger partial charge in [0, 0.05) is 19.3 Å². The van der Waals surface area contributed by atoms with Crippen molar-refractivity contribution in [2.24, 2.45) is 0 Å². The molecule has 0 spiro atoms. The number of unbranched alkanes of at least 4 members (excludes halogenated alkanes) is 32. The van der Waals surface area contributed by atoms with Crippen molar-refractivity contribution in [1.82, 2.24) is 0 Å². The van der Waals surface area contributed by atoms with Crippen LogP contribution in [0.25, 0.3) is 0 Å². The molecule has 0 saturated carbocycles. The molecule has 0 bridgehead atoms. The van der Waals surface area contributed by atoms with Gasteiger partial charge in [-0.25, -0.2) is 0 Å². The van der Waals surface area contributed by atoms with Crippen molar-refractivity contribution >= 4 is 17.9 Å². The van der Waals surface area contributed by atoms with Gasteiger partial charge in [-0.15, -0.1) is 0 Å². The number of hydrogen-bond acceptors (Lipinski definition) is 6. The van der Waals surface area contributed by atoms with Gasteiger partial charge in [0.1, 0.15) is 13.2 Å². The van der Waals surface area contributed by atoms with Gasteiger partial charge in [-0.2, -0.15) is 0 Å². The van der Waals surface area contributed by atoms with E-state index < -0.39 is 6.10 Å². The molecule has 0 radical (unpaired) electrons. The van der Waals surface area contributed by atoms with Crippen molar-refractivity contribution in [3.63, 3.8) is 0 Å². The van der Waals surface area contributed by atoms with Crippen molar-refractivity contribution < 1.29 is 28.6 Å². The Balaban J connectivity index is 4.10. The number of allylic oxidation sites excluding steroid dienone is 16. The fraction of sp³-hybridized carbons (Fsp3) is 0.732. The summed E-state index contributed by atoms with van der Waals surface area (Å²) in [6.07, 6.45) is 87.3. The van der Waals surface area contributed by atoms with Crippen LogP contribution in [0.15, 0.2) is 97.2 Å². The average Bonchev–Trinajstić information content (AvgIpc) is 3.43. The van der Waals surface area contributed by atoms with Crippen molar-refractivity contribution in [3.8, 4) is 0 Å². The molecule has 0 aromatic carbocycles. The molecule has 0 aliphatic rings. The molecule has 77 heavy (non-hydrogen) atoms. The van der Waals surface area contributed by atoms with Gasteiger partial charge in [0.15, 0.2) is 6.10 Å². The van der Waals surface area contributed by atoms with Crippen LogP contribution >= 0.6 is 0 Å². The van der Waals surface area contributed by atoms with Gasteiger partial charge in [-0.05, 0) is 109 Å². The van der Waals surface area contributed by atoms with Crippen LogP contribution in [0, 0.1) is 0 Å². The zero-order valence-electron chi connectivity index (χ0n) is 50.7. The summed E-state index contributed by atoms with van der Waals surface area (Å²) in [7, 11) is 0. The summed E-state index contributed by atoms with van der Waals surface area (Å²) in [4.78, 5) is 38.2. The maximum atomic E-state index is 12.9. The lowest BCUT2D eigenvalue weighted by Crippen LogP contribution is -2.30. The topological polar surface area (TPSA) is 78.9 Å². The first-order chi connectivity index (χ1) is 38.0. The molecule has 0 heterocycles. The first-order valence-electron chi connectivity index (χ1n) is 32.7. The van der Waals surface area contributed by atoms with E-state index in [-0.39, 0.29) is 31.1 Å². The van der Waals surface area contributed by atoms with E-state index in [1.165, 1.54) is 148 Å². The number of esters is 3. The Morgan fingerprint density at radius 2 is 0.506 bits per heavy atom. The molecule has 0 saturated heterocycles. The zero-order valence-corrected chi connectivity index (χ0v) is 50.7. The summed E-state index contributed by atoms with van der Waals surface area (Å²) in [5, 5.41) is 0. The second kappa shape index (κ2) is 64.9. The molecular formula is C71H122O6. The lowest BCUT2D eigenvalue weighted by atomic mass is 10.0. The van der Waals surface area contributed by atoms with Crippen LogP contribution in [0.3, 0.4) is 0 Å². The van der Waals surface area contributed by atoms with Crippen LogP contribution in [0.4, 0.5) is 0 Å². The van der Waals surface area contributed by atoms with Crippen LogP contribution in [0.2, 0.25) is 0 Å². The van der Waals surface area contributed by atoms with Crippen molar-refractivity contribution in [1.29, 1.82) is 0 Å². The molecule has 442 valence electrons. The molecule has 6 nitrogen and oxygen atoms in total. The molecule has 0 aliphatic carbocycles. The minimum atomic E-state index is -0.788. The first-order valence-corrected chi connectivity index (χ1v) is 32.7. The highest BCUT2D eigenvalue weighted by molar-refractivity contribution is 5.71. The van der Waals surface area contributed by atoms with Crippen LogP contribution in [0.1, 0.15) is 316 Å². The highest BCUT2D eigenvalue weighted by atomic mass is 16.6. The van der Waals surface area contributed by atoms with Gasteiger partial charge in [0.05, 0.1) is 0 Å². The smallest absolute Gasteiger partial charge is 0.306 e. The average molecular weight is 1070 g/mol. The Hall–Kier alpha value is -3.67. The largest absolute Gasteiger partial charge is 0.462 e. The van der Waals surface area contributed by atoms with Gasteiger partial charge < -0.3 is 14.2 Å². The standard InChI is InChI=1S/C71H122O6/c1-4-7-10-13-16-19-22-24-26-27-28-29-30-31-32-33-34-35-36-37-38-39-40-41-42-43-45-46-49-52-55-58-61-64-70(73)76-67-68(66-75-69(72)63-60-57-54-51-48-21-18-15-12-9-6-3)77-71(74)65-62-59-56-53-50-47-44-25-23-20-17-14-11-8-5-2/h7-8,10-11,15-20,24-26,28-29,44,68H,4-6,9,12-14,21-23,27,30-43,45-67H2,1-3H3/b10-7-,11-8-,18-15-,19-16-,20-17-,26-24-,29-28-,44-25-. The maximum Gasteiger partial charge on any atom is 0.306 e. The molecule has 6 heteroatoms. The maximum absolute atomic E-state index is 12.9. The third kappa shape index (κ3) is 63.0. The molecule has 0 rings (SSSR count).